The fourth-order valence-corrected chi connectivity index (χ4v) is 2.42. The van der Waals surface area contributed by atoms with E-state index in [2.05, 4.69) is 13.0 Å². The smallest absolute Gasteiger partial charge is 0.186 e. The van der Waals surface area contributed by atoms with Gasteiger partial charge in [-0.25, -0.2) is 0 Å². The Morgan fingerprint density at radius 1 is 1.12 bits per heavy atom. The zero-order valence-corrected chi connectivity index (χ0v) is 10.8. The van der Waals surface area contributed by atoms with Gasteiger partial charge in [0.2, 0.25) is 0 Å². The molecule has 2 aromatic rings. The van der Waals surface area contributed by atoms with Crippen LogP contribution in [0, 0.1) is 13.8 Å². The summed E-state index contributed by atoms with van der Waals surface area (Å²) in [6.07, 6.45) is 3.53. The molecular formula is C15H14OS. The summed E-state index contributed by atoms with van der Waals surface area (Å²) in [6.45, 7) is 4.02. The summed E-state index contributed by atoms with van der Waals surface area (Å²) in [6, 6.07) is 11.7. The first-order valence-corrected chi connectivity index (χ1v) is 6.33. The molecule has 0 N–H and O–H groups in total. The van der Waals surface area contributed by atoms with Crippen molar-refractivity contribution in [2.45, 2.75) is 13.8 Å². The van der Waals surface area contributed by atoms with Gasteiger partial charge in [-0.15, -0.1) is 11.3 Å². The number of hydrogen-bond acceptors (Lipinski definition) is 2. The molecule has 0 aliphatic carbocycles. The largest absolute Gasteiger partial charge is 0.289 e. The predicted octanol–water partition coefficient (Wildman–Crippen LogP) is 4.26. The topological polar surface area (TPSA) is 17.1 Å². The molecule has 1 heterocycles. The van der Waals surface area contributed by atoms with Crippen LogP contribution in [0.4, 0.5) is 0 Å². The van der Waals surface area contributed by atoms with Crippen molar-refractivity contribution in [3.05, 3.63) is 63.4 Å². The Labute approximate surface area is 105 Å². The van der Waals surface area contributed by atoms with Crippen LogP contribution >= 0.6 is 11.3 Å². The van der Waals surface area contributed by atoms with Gasteiger partial charge in [0.15, 0.2) is 5.78 Å². The number of aryl methyl sites for hydroxylation is 2. The number of allylic oxidation sites excluding steroid dienone is 1. The average molecular weight is 242 g/mol. The number of ketones is 1. The first kappa shape index (κ1) is 11.8. The minimum atomic E-state index is 0.0640. The Bertz CT molecular complexity index is 564. The summed E-state index contributed by atoms with van der Waals surface area (Å²) in [5.74, 6) is 0.0640. The van der Waals surface area contributed by atoms with E-state index in [1.165, 1.54) is 4.88 Å². The van der Waals surface area contributed by atoms with Gasteiger partial charge in [-0.2, -0.15) is 0 Å². The molecule has 0 bridgehead atoms. The van der Waals surface area contributed by atoms with E-state index in [0.29, 0.717) is 0 Å². The minimum Gasteiger partial charge on any atom is -0.289 e. The number of rotatable bonds is 3. The van der Waals surface area contributed by atoms with Gasteiger partial charge in [0, 0.05) is 15.3 Å². The SMILES string of the molecule is Cc1ccc(/C=C/C(=O)c2ccccc2C)s1. The van der Waals surface area contributed by atoms with Gasteiger partial charge in [0.1, 0.15) is 0 Å². The Hall–Kier alpha value is -1.67. The second-order valence-electron chi connectivity index (χ2n) is 3.96. The molecule has 0 radical (unpaired) electrons. The van der Waals surface area contributed by atoms with Crippen LogP contribution in [0.25, 0.3) is 6.08 Å². The molecule has 17 heavy (non-hydrogen) atoms. The molecule has 0 unspecified atom stereocenters. The number of carbonyl (C=O) groups excluding carboxylic acids is 1. The molecule has 1 aromatic heterocycles. The van der Waals surface area contributed by atoms with E-state index >= 15 is 0 Å². The Balaban J connectivity index is 2.17. The molecule has 0 saturated heterocycles. The molecule has 0 saturated carbocycles. The zero-order valence-electron chi connectivity index (χ0n) is 9.94. The maximum atomic E-state index is 12.0. The molecule has 0 amide bonds. The highest BCUT2D eigenvalue weighted by Crippen LogP contribution is 2.17. The van der Waals surface area contributed by atoms with Gasteiger partial charge in [-0.05, 0) is 43.7 Å². The highest BCUT2D eigenvalue weighted by Gasteiger charge is 2.04. The third kappa shape index (κ3) is 2.92. The predicted molar refractivity (Wildman–Crippen MR) is 73.6 cm³/mol. The fraction of sp³-hybridized carbons (Fsp3) is 0.133. The summed E-state index contributed by atoms with van der Waals surface area (Å²) in [4.78, 5) is 14.3. The summed E-state index contributed by atoms with van der Waals surface area (Å²) in [5, 5.41) is 0. The highest BCUT2D eigenvalue weighted by atomic mass is 32.1. The first-order chi connectivity index (χ1) is 8.16. The van der Waals surface area contributed by atoms with Crippen molar-refractivity contribution in [1.29, 1.82) is 0 Å². The van der Waals surface area contributed by atoms with E-state index in [9.17, 15) is 4.79 Å². The molecule has 0 atom stereocenters. The zero-order chi connectivity index (χ0) is 12.3. The van der Waals surface area contributed by atoms with Crippen molar-refractivity contribution in [2.24, 2.45) is 0 Å². The molecule has 0 aliphatic rings. The van der Waals surface area contributed by atoms with Crippen molar-refractivity contribution >= 4 is 23.2 Å². The van der Waals surface area contributed by atoms with Crippen LogP contribution in [-0.4, -0.2) is 5.78 Å². The molecule has 0 spiro atoms. The normalized spacial score (nSPS) is 10.9. The van der Waals surface area contributed by atoms with Crippen molar-refractivity contribution in [1.82, 2.24) is 0 Å². The van der Waals surface area contributed by atoms with Crippen LogP contribution in [0.2, 0.25) is 0 Å². The van der Waals surface area contributed by atoms with E-state index in [4.69, 9.17) is 0 Å². The van der Waals surface area contributed by atoms with E-state index in [1.54, 1.807) is 17.4 Å². The number of hydrogen-bond donors (Lipinski definition) is 0. The van der Waals surface area contributed by atoms with E-state index in [1.807, 2.05) is 43.3 Å². The second kappa shape index (κ2) is 5.11. The lowest BCUT2D eigenvalue weighted by atomic mass is 10.0. The van der Waals surface area contributed by atoms with Crippen molar-refractivity contribution in [2.75, 3.05) is 0 Å². The van der Waals surface area contributed by atoms with Crippen molar-refractivity contribution in [3.63, 3.8) is 0 Å². The van der Waals surface area contributed by atoms with E-state index in [0.717, 1.165) is 16.0 Å². The third-order valence-corrected chi connectivity index (χ3v) is 3.54. The highest BCUT2D eigenvalue weighted by molar-refractivity contribution is 7.12. The van der Waals surface area contributed by atoms with Crippen LogP contribution in [0.15, 0.2) is 42.5 Å². The standard InChI is InChI=1S/C15H14OS/c1-11-5-3-4-6-14(11)15(16)10-9-13-8-7-12(2)17-13/h3-10H,1-2H3/b10-9+. The van der Waals surface area contributed by atoms with Gasteiger partial charge in [-0.1, -0.05) is 24.3 Å². The van der Waals surface area contributed by atoms with Crippen LogP contribution in [0.1, 0.15) is 25.7 Å². The quantitative estimate of drug-likeness (QED) is 0.580. The summed E-state index contributed by atoms with van der Waals surface area (Å²) in [5.41, 5.74) is 1.79. The molecule has 1 nitrogen and oxygen atoms in total. The molecule has 2 rings (SSSR count). The lowest BCUT2D eigenvalue weighted by Gasteiger charge is -1.99. The van der Waals surface area contributed by atoms with Crippen LogP contribution in [0.5, 0.6) is 0 Å². The monoisotopic (exact) mass is 242 g/mol. The van der Waals surface area contributed by atoms with Gasteiger partial charge < -0.3 is 0 Å². The number of carbonyl (C=O) groups is 1. The maximum absolute atomic E-state index is 12.0. The summed E-state index contributed by atoms with van der Waals surface area (Å²) < 4.78 is 0. The van der Waals surface area contributed by atoms with Crippen LogP contribution in [-0.2, 0) is 0 Å². The summed E-state index contributed by atoms with van der Waals surface area (Å²) >= 11 is 1.69. The number of thiophene rings is 1. The van der Waals surface area contributed by atoms with Gasteiger partial charge in [0.25, 0.3) is 0 Å². The number of benzene rings is 1. The Kier molecular flexibility index (Phi) is 3.55. The molecule has 0 fully saturated rings. The van der Waals surface area contributed by atoms with Crippen molar-refractivity contribution < 1.29 is 4.79 Å². The average Bonchev–Trinajstić information content (AvgIpc) is 2.73. The van der Waals surface area contributed by atoms with Crippen molar-refractivity contribution in [3.8, 4) is 0 Å². The fourth-order valence-electron chi connectivity index (χ4n) is 1.64. The van der Waals surface area contributed by atoms with E-state index in [-0.39, 0.29) is 5.78 Å². The molecule has 86 valence electrons. The third-order valence-electron chi connectivity index (χ3n) is 2.57. The van der Waals surface area contributed by atoms with Crippen LogP contribution in [0.3, 0.4) is 0 Å². The molecule has 1 aromatic carbocycles. The van der Waals surface area contributed by atoms with Crippen LogP contribution < -0.4 is 0 Å². The lowest BCUT2D eigenvalue weighted by Crippen LogP contribution is -1.96. The lowest BCUT2D eigenvalue weighted by molar-refractivity contribution is 0.104. The maximum Gasteiger partial charge on any atom is 0.186 e. The van der Waals surface area contributed by atoms with Gasteiger partial charge >= 0.3 is 0 Å². The molecular weight excluding hydrogens is 228 g/mol. The first-order valence-electron chi connectivity index (χ1n) is 5.51. The minimum absolute atomic E-state index is 0.0640. The molecule has 0 aliphatic heterocycles. The van der Waals surface area contributed by atoms with Gasteiger partial charge in [-0.3, -0.25) is 4.79 Å². The Morgan fingerprint density at radius 3 is 2.53 bits per heavy atom. The van der Waals surface area contributed by atoms with E-state index < -0.39 is 0 Å². The Morgan fingerprint density at radius 2 is 1.88 bits per heavy atom. The van der Waals surface area contributed by atoms with Gasteiger partial charge in [0.05, 0.1) is 0 Å². The second-order valence-corrected chi connectivity index (χ2v) is 5.28. The molecule has 2 heteroatoms. The summed E-state index contributed by atoms with van der Waals surface area (Å²) in [7, 11) is 0.